The third kappa shape index (κ3) is 2.13. The van der Waals surface area contributed by atoms with Gasteiger partial charge in [-0.25, -0.2) is 0 Å². The number of phenols is 1. The highest BCUT2D eigenvalue weighted by atomic mass is 16.7. The molecule has 1 unspecified atom stereocenters. The largest absolute Gasteiger partial charge is 0.507 e. The molecular formula is C25H26O4. The van der Waals surface area contributed by atoms with E-state index >= 15 is 0 Å². The van der Waals surface area contributed by atoms with Gasteiger partial charge in [0.25, 0.3) is 0 Å². The molecular weight excluding hydrogens is 364 g/mol. The minimum absolute atomic E-state index is 0.181. The van der Waals surface area contributed by atoms with E-state index in [1.165, 1.54) is 11.1 Å². The van der Waals surface area contributed by atoms with E-state index in [-0.39, 0.29) is 23.9 Å². The summed E-state index contributed by atoms with van der Waals surface area (Å²) in [5.74, 6) is 1.79. The fourth-order valence-corrected chi connectivity index (χ4v) is 5.79. The Morgan fingerprint density at radius 3 is 2.28 bits per heavy atom. The second-order valence-electron chi connectivity index (χ2n) is 8.83. The van der Waals surface area contributed by atoms with Crippen LogP contribution in [0.1, 0.15) is 38.8 Å². The molecule has 3 aromatic rings. The first-order valence-electron chi connectivity index (χ1n) is 10.1. The highest BCUT2D eigenvalue weighted by molar-refractivity contribution is 6.05. The highest BCUT2D eigenvalue weighted by Gasteiger charge is 2.55. The van der Waals surface area contributed by atoms with E-state index in [0.29, 0.717) is 11.5 Å². The number of hydrogen-bond acceptors (Lipinski definition) is 4. The smallest absolute Gasteiger partial charge is 0.231 e. The lowest BCUT2D eigenvalue weighted by atomic mass is 9.56. The van der Waals surface area contributed by atoms with Gasteiger partial charge >= 0.3 is 0 Å². The summed E-state index contributed by atoms with van der Waals surface area (Å²) in [6.45, 7) is 9.04. The molecule has 1 aliphatic heterocycles. The molecule has 0 aromatic heterocycles. The zero-order valence-electron chi connectivity index (χ0n) is 17.5. The van der Waals surface area contributed by atoms with Crippen LogP contribution in [0.15, 0.2) is 42.5 Å². The summed E-state index contributed by atoms with van der Waals surface area (Å²) >= 11 is 0. The Balaban J connectivity index is 2.00. The number of benzene rings is 3. The first-order chi connectivity index (χ1) is 13.8. The van der Waals surface area contributed by atoms with Crippen molar-refractivity contribution in [3.8, 4) is 28.4 Å². The minimum atomic E-state index is -0.598. The van der Waals surface area contributed by atoms with Gasteiger partial charge in [-0.1, -0.05) is 52.0 Å². The van der Waals surface area contributed by atoms with Gasteiger partial charge in [0.15, 0.2) is 11.5 Å². The van der Waals surface area contributed by atoms with E-state index in [1.807, 2.05) is 18.2 Å². The molecule has 3 aromatic carbocycles. The Bertz CT molecular complexity index is 1150. The number of rotatable bonds is 2. The Kier molecular flexibility index (Phi) is 3.72. The zero-order chi connectivity index (χ0) is 20.6. The number of methoxy groups -OCH3 is 1. The second-order valence-corrected chi connectivity index (χ2v) is 8.83. The van der Waals surface area contributed by atoms with Crippen LogP contribution in [0.25, 0.3) is 21.9 Å². The van der Waals surface area contributed by atoms with Crippen molar-refractivity contribution in [2.45, 2.75) is 38.7 Å². The van der Waals surface area contributed by atoms with Crippen molar-refractivity contribution < 1.29 is 19.3 Å². The molecule has 4 nitrogen and oxygen atoms in total. The molecule has 0 fully saturated rings. The summed E-state index contributed by atoms with van der Waals surface area (Å²) in [7, 11) is 1.78. The normalized spacial score (nSPS) is 21.3. The Morgan fingerprint density at radius 2 is 1.62 bits per heavy atom. The number of phenolic OH excluding ortho intramolecular Hbond substituents is 1. The lowest BCUT2D eigenvalue weighted by molar-refractivity contribution is -0.108. The summed E-state index contributed by atoms with van der Waals surface area (Å²) in [4.78, 5) is 0. The van der Waals surface area contributed by atoms with E-state index < -0.39 is 5.60 Å². The summed E-state index contributed by atoms with van der Waals surface area (Å²) in [6.07, 6.45) is 0. The summed E-state index contributed by atoms with van der Waals surface area (Å²) in [5, 5.41) is 12.7. The van der Waals surface area contributed by atoms with Crippen LogP contribution in [-0.4, -0.2) is 19.0 Å². The average Bonchev–Trinajstić information content (AvgIpc) is 3.14. The average molecular weight is 390 g/mol. The predicted octanol–water partition coefficient (Wildman–Crippen LogP) is 5.73. The van der Waals surface area contributed by atoms with Gasteiger partial charge < -0.3 is 19.3 Å². The molecule has 5 rings (SSSR count). The monoisotopic (exact) mass is 390 g/mol. The van der Waals surface area contributed by atoms with Gasteiger partial charge in [0, 0.05) is 17.9 Å². The van der Waals surface area contributed by atoms with Crippen LogP contribution in [0, 0.1) is 5.92 Å². The van der Waals surface area contributed by atoms with Crippen molar-refractivity contribution in [1.82, 2.24) is 0 Å². The third-order valence-electron chi connectivity index (χ3n) is 6.94. The standard InChI is InChI=1S/C25H26O4/c1-14(2)25(27-5)19-12-20(26)16-10-21-22(29-13-28-21)11-17(16)23(19)15-8-6-7-9-18(15)24(25,3)4/h6-12,14,26H,13H2,1-5H3. The lowest BCUT2D eigenvalue weighted by Gasteiger charge is -2.53. The quantitative estimate of drug-likeness (QED) is 0.607. The molecule has 29 heavy (non-hydrogen) atoms. The van der Waals surface area contributed by atoms with Crippen molar-refractivity contribution in [3.05, 3.63) is 53.6 Å². The Hall–Kier alpha value is -2.72. The van der Waals surface area contributed by atoms with Gasteiger partial charge in [-0.2, -0.15) is 0 Å². The van der Waals surface area contributed by atoms with Crippen LogP contribution in [0.3, 0.4) is 0 Å². The molecule has 0 saturated carbocycles. The molecule has 1 heterocycles. The summed E-state index contributed by atoms with van der Waals surface area (Å²) < 4.78 is 17.6. The molecule has 1 atom stereocenters. The molecule has 2 aliphatic rings. The predicted molar refractivity (Wildman–Crippen MR) is 114 cm³/mol. The van der Waals surface area contributed by atoms with E-state index in [9.17, 15) is 5.11 Å². The molecule has 1 N–H and O–H groups in total. The van der Waals surface area contributed by atoms with E-state index in [1.54, 1.807) is 7.11 Å². The summed E-state index contributed by atoms with van der Waals surface area (Å²) in [5.41, 5.74) is 3.64. The van der Waals surface area contributed by atoms with Crippen LogP contribution in [0.4, 0.5) is 0 Å². The fraction of sp³-hybridized carbons (Fsp3) is 0.360. The van der Waals surface area contributed by atoms with E-state index in [0.717, 1.165) is 21.9 Å². The van der Waals surface area contributed by atoms with Gasteiger partial charge in [-0.05, 0) is 51.8 Å². The number of hydrogen-bond donors (Lipinski definition) is 1. The molecule has 150 valence electrons. The van der Waals surface area contributed by atoms with Gasteiger partial charge in [-0.3, -0.25) is 0 Å². The van der Waals surface area contributed by atoms with Crippen molar-refractivity contribution in [1.29, 1.82) is 0 Å². The van der Waals surface area contributed by atoms with E-state index in [2.05, 4.69) is 52.0 Å². The molecule has 0 saturated heterocycles. The zero-order valence-corrected chi connectivity index (χ0v) is 17.5. The number of ether oxygens (including phenoxy) is 3. The lowest BCUT2D eigenvalue weighted by Crippen LogP contribution is -2.53. The first kappa shape index (κ1) is 18.3. The van der Waals surface area contributed by atoms with Crippen molar-refractivity contribution in [3.63, 3.8) is 0 Å². The van der Waals surface area contributed by atoms with Gasteiger partial charge in [-0.15, -0.1) is 0 Å². The number of fused-ring (bicyclic) bond motifs is 6. The SMILES string of the molecule is COC1(C(C)C)c2cc(O)c3cc4c(cc3c2-c2ccccc2C1(C)C)OCO4. The van der Waals surface area contributed by atoms with Crippen LogP contribution in [-0.2, 0) is 15.8 Å². The summed E-state index contributed by atoms with van der Waals surface area (Å²) in [6, 6.07) is 14.3. The highest BCUT2D eigenvalue weighted by Crippen LogP contribution is 2.60. The molecule has 4 heteroatoms. The van der Waals surface area contributed by atoms with Crippen LogP contribution >= 0.6 is 0 Å². The maximum atomic E-state index is 11.0. The first-order valence-corrected chi connectivity index (χ1v) is 10.1. The maximum absolute atomic E-state index is 11.0. The van der Waals surface area contributed by atoms with Gasteiger partial charge in [0.05, 0.1) is 0 Å². The van der Waals surface area contributed by atoms with Crippen LogP contribution in [0.5, 0.6) is 17.2 Å². The maximum Gasteiger partial charge on any atom is 0.231 e. The van der Waals surface area contributed by atoms with E-state index in [4.69, 9.17) is 14.2 Å². The molecule has 0 spiro atoms. The van der Waals surface area contributed by atoms with Gasteiger partial charge in [0.2, 0.25) is 6.79 Å². The second kappa shape index (κ2) is 5.90. The fourth-order valence-electron chi connectivity index (χ4n) is 5.79. The number of aromatic hydroxyl groups is 1. The van der Waals surface area contributed by atoms with Crippen molar-refractivity contribution in [2.24, 2.45) is 5.92 Å². The van der Waals surface area contributed by atoms with Crippen molar-refractivity contribution >= 4 is 10.8 Å². The molecule has 1 aliphatic carbocycles. The molecule has 0 bridgehead atoms. The van der Waals surface area contributed by atoms with Crippen LogP contribution < -0.4 is 9.47 Å². The molecule has 0 amide bonds. The topological polar surface area (TPSA) is 47.9 Å². The van der Waals surface area contributed by atoms with Gasteiger partial charge in [0.1, 0.15) is 11.4 Å². The minimum Gasteiger partial charge on any atom is -0.507 e. The Morgan fingerprint density at radius 1 is 0.966 bits per heavy atom. The molecule has 0 radical (unpaired) electrons. The van der Waals surface area contributed by atoms with Crippen LogP contribution in [0.2, 0.25) is 0 Å². The Labute approximate surface area is 171 Å². The van der Waals surface area contributed by atoms with Crippen molar-refractivity contribution in [2.75, 3.05) is 13.9 Å². The third-order valence-corrected chi connectivity index (χ3v) is 6.94.